The fraction of sp³-hybridized carbons (Fsp3) is 0.684. The molecule has 0 spiro atoms. The Morgan fingerprint density at radius 1 is 1.04 bits per heavy atom. The van der Waals surface area contributed by atoms with E-state index in [1.54, 1.807) is 18.8 Å². The Kier molecular flexibility index (Phi) is 6.70. The summed E-state index contributed by atoms with van der Waals surface area (Å²) in [5.74, 6) is 1.60. The van der Waals surface area contributed by atoms with E-state index in [-0.39, 0.29) is 11.2 Å². The van der Waals surface area contributed by atoms with Crippen LogP contribution in [0.3, 0.4) is 0 Å². The van der Waals surface area contributed by atoms with Gasteiger partial charge in [0.15, 0.2) is 5.65 Å². The minimum absolute atomic E-state index is 0.310. The van der Waals surface area contributed by atoms with Crippen molar-refractivity contribution in [3.05, 3.63) is 26.7 Å². The molecule has 0 aromatic carbocycles. The average molecular weight is 392 g/mol. The third-order valence-electron chi connectivity index (χ3n) is 5.16. The number of likely N-dealkylation sites (tertiary alicyclic amines) is 1. The predicted molar refractivity (Wildman–Crippen MR) is 110 cm³/mol. The highest BCUT2D eigenvalue weighted by Gasteiger charge is 2.18. The number of hydrogen-bond donors (Lipinski definition) is 0. The number of aryl methyl sites for hydroxylation is 2. The van der Waals surface area contributed by atoms with Gasteiger partial charge in [-0.05, 0) is 32.4 Å². The summed E-state index contributed by atoms with van der Waals surface area (Å²) in [6.07, 6.45) is 6.66. The summed E-state index contributed by atoms with van der Waals surface area (Å²) in [5, 5.41) is 1.17. The third-order valence-corrected chi connectivity index (χ3v) is 6.12. The molecule has 0 atom stereocenters. The Labute approximate surface area is 163 Å². The van der Waals surface area contributed by atoms with Crippen LogP contribution in [-0.4, -0.2) is 49.4 Å². The van der Waals surface area contributed by atoms with Crippen LogP contribution in [0.2, 0.25) is 0 Å². The van der Waals surface area contributed by atoms with E-state index in [1.807, 2.05) is 0 Å². The molecule has 7 nitrogen and oxygen atoms in total. The first kappa shape index (κ1) is 20.1. The summed E-state index contributed by atoms with van der Waals surface area (Å²) < 4.78 is 2.61. The Bertz CT molecular complexity index is 915. The number of unbranched alkanes of at least 4 members (excludes halogenated alkanes) is 1. The smallest absolute Gasteiger partial charge is 0.303 e. The summed E-state index contributed by atoms with van der Waals surface area (Å²) in [7, 11) is 3.18. The molecule has 3 heterocycles. The lowest BCUT2D eigenvalue weighted by Gasteiger charge is -2.26. The minimum atomic E-state index is -0.350. The second-order valence-corrected chi connectivity index (χ2v) is 8.29. The molecule has 0 radical (unpaired) electrons. The van der Waals surface area contributed by atoms with Gasteiger partial charge in [-0.25, -0.2) is 14.8 Å². The lowest BCUT2D eigenvalue weighted by Crippen LogP contribution is -2.38. The molecule has 0 bridgehead atoms. The lowest BCUT2D eigenvalue weighted by atomic mass is 10.1. The van der Waals surface area contributed by atoms with Gasteiger partial charge in [0.1, 0.15) is 16.2 Å². The molecule has 0 aliphatic carbocycles. The quantitative estimate of drug-likeness (QED) is 0.531. The molecule has 2 aromatic heterocycles. The van der Waals surface area contributed by atoms with Crippen LogP contribution >= 0.6 is 11.8 Å². The maximum absolute atomic E-state index is 12.8. The highest BCUT2D eigenvalue weighted by atomic mass is 32.2. The molecule has 8 heteroatoms. The Hall–Kier alpha value is -1.67. The summed E-state index contributed by atoms with van der Waals surface area (Å²) >= 11 is 1.61. The van der Waals surface area contributed by atoms with Crippen LogP contribution < -0.4 is 11.2 Å². The van der Waals surface area contributed by atoms with Gasteiger partial charge in [0.2, 0.25) is 0 Å². The zero-order valence-electron chi connectivity index (χ0n) is 16.5. The molecule has 0 N–H and O–H groups in total. The topological polar surface area (TPSA) is 73.0 Å². The average Bonchev–Trinajstić information content (AvgIpc) is 2.69. The number of aromatic nitrogens is 4. The van der Waals surface area contributed by atoms with Crippen molar-refractivity contribution >= 4 is 22.8 Å². The van der Waals surface area contributed by atoms with E-state index in [2.05, 4.69) is 16.8 Å². The fourth-order valence-electron chi connectivity index (χ4n) is 3.48. The number of fused-ring (bicyclic) bond motifs is 1. The standard InChI is InChI=1S/C19H29N5O2S/c1-4-5-9-14-20-16-15(18(25)23(3)19(26)22(16)2)17(21-14)27-13-12-24-10-7-6-8-11-24/h4-13H2,1-3H3. The van der Waals surface area contributed by atoms with Gasteiger partial charge >= 0.3 is 5.69 Å². The number of thioether (sulfide) groups is 1. The number of rotatable bonds is 7. The number of piperidine rings is 1. The van der Waals surface area contributed by atoms with Crippen LogP contribution in [0.5, 0.6) is 0 Å². The SMILES string of the molecule is CCCCc1nc(SCCN2CCCCC2)c2c(=O)n(C)c(=O)n(C)c2n1. The second kappa shape index (κ2) is 9.01. The highest BCUT2D eigenvalue weighted by molar-refractivity contribution is 7.99. The molecule has 3 rings (SSSR count). The van der Waals surface area contributed by atoms with E-state index in [9.17, 15) is 9.59 Å². The zero-order chi connectivity index (χ0) is 19.4. The molecule has 2 aromatic rings. The van der Waals surface area contributed by atoms with E-state index in [1.165, 1.54) is 30.9 Å². The summed E-state index contributed by atoms with van der Waals surface area (Å²) in [4.78, 5) is 36.8. The highest BCUT2D eigenvalue weighted by Crippen LogP contribution is 2.23. The van der Waals surface area contributed by atoms with E-state index in [0.717, 1.165) is 49.2 Å². The Balaban J connectivity index is 1.95. The van der Waals surface area contributed by atoms with Gasteiger partial charge in [0, 0.05) is 32.8 Å². The molecule has 27 heavy (non-hydrogen) atoms. The van der Waals surface area contributed by atoms with Gasteiger partial charge in [0.05, 0.1) is 0 Å². The summed E-state index contributed by atoms with van der Waals surface area (Å²) in [5.41, 5.74) is -0.211. The van der Waals surface area contributed by atoms with Crippen molar-refractivity contribution in [1.29, 1.82) is 0 Å². The molecule has 0 saturated carbocycles. The second-order valence-electron chi connectivity index (χ2n) is 7.20. The first-order valence-electron chi connectivity index (χ1n) is 9.84. The van der Waals surface area contributed by atoms with Gasteiger partial charge in [0.25, 0.3) is 5.56 Å². The fourth-order valence-corrected chi connectivity index (χ4v) is 4.51. The minimum Gasteiger partial charge on any atom is -0.303 e. The molecular weight excluding hydrogens is 362 g/mol. The molecule has 1 aliphatic heterocycles. The monoisotopic (exact) mass is 391 g/mol. The molecule has 148 valence electrons. The molecular formula is C19H29N5O2S. The first-order chi connectivity index (χ1) is 13.0. The molecule has 1 aliphatic rings. The van der Waals surface area contributed by atoms with Crippen molar-refractivity contribution in [1.82, 2.24) is 24.0 Å². The van der Waals surface area contributed by atoms with E-state index >= 15 is 0 Å². The largest absolute Gasteiger partial charge is 0.332 e. The summed E-state index contributed by atoms with van der Waals surface area (Å²) in [6.45, 7) is 5.43. The normalized spacial score (nSPS) is 15.5. The number of hydrogen-bond acceptors (Lipinski definition) is 6. The lowest BCUT2D eigenvalue weighted by molar-refractivity contribution is 0.242. The first-order valence-corrected chi connectivity index (χ1v) is 10.8. The Morgan fingerprint density at radius 2 is 1.78 bits per heavy atom. The molecule has 1 saturated heterocycles. The van der Waals surface area contributed by atoms with Crippen molar-refractivity contribution in [3.8, 4) is 0 Å². The van der Waals surface area contributed by atoms with Crippen LogP contribution in [0.25, 0.3) is 11.0 Å². The van der Waals surface area contributed by atoms with Crippen molar-refractivity contribution in [3.63, 3.8) is 0 Å². The van der Waals surface area contributed by atoms with E-state index in [4.69, 9.17) is 4.98 Å². The van der Waals surface area contributed by atoms with E-state index < -0.39 is 0 Å². The van der Waals surface area contributed by atoms with Crippen LogP contribution in [0, 0.1) is 0 Å². The molecule has 0 amide bonds. The van der Waals surface area contributed by atoms with Crippen molar-refractivity contribution in [2.45, 2.75) is 50.5 Å². The maximum Gasteiger partial charge on any atom is 0.332 e. The summed E-state index contributed by atoms with van der Waals surface area (Å²) in [6, 6.07) is 0. The maximum atomic E-state index is 12.8. The van der Waals surface area contributed by atoms with Crippen LogP contribution in [0.4, 0.5) is 0 Å². The Morgan fingerprint density at radius 3 is 2.48 bits per heavy atom. The van der Waals surface area contributed by atoms with E-state index in [0.29, 0.717) is 21.9 Å². The molecule has 1 fully saturated rings. The number of nitrogens with zero attached hydrogens (tertiary/aromatic N) is 5. The van der Waals surface area contributed by atoms with Gasteiger partial charge in [-0.3, -0.25) is 13.9 Å². The van der Waals surface area contributed by atoms with Gasteiger partial charge < -0.3 is 4.90 Å². The van der Waals surface area contributed by atoms with Crippen molar-refractivity contribution in [2.75, 3.05) is 25.4 Å². The molecule has 0 unspecified atom stereocenters. The predicted octanol–water partition coefficient (Wildman–Crippen LogP) is 1.95. The van der Waals surface area contributed by atoms with Crippen molar-refractivity contribution < 1.29 is 0 Å². The third kappa shape index (κ3) is 4.43. The van der Waals surface area contributed by atoms with Gasteiger partial charge in [-0.15, -0.1) is 11.8 Å². The van der Waals surface area contributed by atoms with Crippen LogP contribution in [0.1, 0.15) is 44.9 Å². The van der Waals surface area contributed by atoms with Crippen LogP contribution in [-0.2, 0) is 20.5 Å². The van der Waals surface area contributed by atoms with Gasteiger partial charge in [-0.1, -0.05) is 19.8 Å². The zero-order valence-corrected chi connectivity index (χ0v) is 17.3. The van der Waals surface area contributed by atoms with Gasteiger partial charge in [-0.2, -0.15) is 0 Å². The van der Waals surface area contributed by atoms with Crippen LogP contribution in [0.15, 0.2) is 14.6 Å². The van der Waals surface area contributed by atoms with Crippen molar-refractivity contribution in [2.24, 2.45) is 14.1 Å².